The van der Waals surface area contributed by atoms with E-state index in [1.54, 1.807) is 26.0 Å². The predicted molar refractivity (Wildman–Crippen MR) is 129 cm³/mol. The van der Waals surface area contributed by atoms with E-state index >= 15 is 0 Å². The molecule has 1 heterocycles. The van der Waals surface area contributed by atoms with Crippen LogP contribution in [0.2, 0.25) is 0 Å². The van der Waals surface area contributed by atoms with Crippen LogP contribution in [0.15, 0.2) is 42.5 Å². The second-order valence-corrected chi connectivity index (χ2v) is 9.51. The number of hydrogen-bond donors (Lipinski definition) is 2. The molecule has 2 N–H and O–H groups in total. The molecule has 1 aliphatic rings. The van der Waals surface area contributed by atoms with E-state index < -0.39 is 77.2 Å². The van der Waals surface area contributed by atoms with Gasteiger partial charge in [-0.05, 0) is 56.2 Å². The van der Waals surface area contributed by atoms with Crippen molar-refractivity contribution in [2.24, 2.45) is 0 Å². The first-order chi connectivity index (χ1) is 18.4. The molecule has 1 unspecified atom stereocenters. The van der Waals surface area contributed by atoms with Gasteiger partial charge in [0.25, 0.3) is 11.8 Å². The molecule has 0 saturated carbocycles. The lowest BCUT2D eigenvalue weighted by Crippen LogP contribution is -2.53. The summed E-state index contributed by atoms with van der Waals surface area (Å²) in [6, 6.07) is 3.87. The number of benzene rings is 2. The molecule has 2 atom stereocenters. The van der Waals surface area contributed by atoms with E-state index in [1.165, 1.54) is 31.1 Å². The van der Waals surface area contributed by atoms with E-state index in [4.69, 9.17) is 0 Å². The third-order valence-electron chi connectivity index (χ3n) is 6.16. The first-order valence-corrected chi connectivity index (χ1v) is 12.0. The van der Waals surface area contributed by atoms with Gasteiger partial charge in [0.05, 0.1) is 17.5 Å². The van der Waals surface area contributed by atoms with Crippen molar-refractivity contribution in [1.82, 2.24) is 20.7 Å². The van der Waals surface area contributed by atoms with Crippen molar-refractivity contribution < 1.29 is 45.5 Å². The summed E-state index contributed by atoms with van der Waals surface area (Å²) in [5.74, 6) is -3.03. The molecule has 0 saturated heterocycles. The average Bonchev–Trinajstić information content (AvgIpc) is 2.91. The van der Waals surface area contributed by atoms with Gasteiger partial charge in [0.1, 0.15) is 12.1 Å². The highest BCUT2D eigenvalue weighted by molar-refractivity contribution is 6.02. The first-order valence-electron chi connectivity index (χ1n) is 12.0. The van der Waals surface area contributed by atoms with Gasteiger partial charge in [0.2, 0.25) is 11.8 Å². The summed E-state index contributed by atoms with van der Waals surface area (Å²) in [5.41, 5.74) is -3.33. The number of alkyl halides is 6. The highest BCUT2D eigenvalue weighted by Gasteiger charge is 2.40. The van der Waals surface area contributed by atoms with Crippen LogP contribution < -0.4 is 10.6 Å². The topological polar surface area (TPSA) is 98.8 Å². The number of likely N-dealkylation sites (N-methyl/N-ethyl adjacent to an activating group) is 1. The highest BCUT2D eigenvalue weighted by atomic mass is 19.4. The Balaban J connectivity index is 1.79. The van der Waals surface area contributed by atoms with Crippen LogP contribution in [0.1, 0.15) is 59.4 Å². The number of rotatable bonds is 6. The summed E-state index contributed by atoms with van der Waals surface area (Å²) in [6.45, 7) is 4.62. The zero-order chi connectivity index (χ0) is 30.2. The van der Waals surface area contributed by atoms with Crippen LogP contribution in [0.3, 0.4) is 0 Å². The Morgan fingerprint density at radius 1 is 0.925 bits per heavy atom. The minimum atomic E-state index is -5.08. The standard InChI is InChI=1S/C26H26F6N4O4/c1-13(2)36-23(39)19-8-6-5-7-18(19)21(24(40)35(36)4)34-22(38)14(3)33-20(37)11-15-9-16(25(27,28)29)12-17(10-15)26(30,31)32/h5-10,12-14,21H,11H2,1-4H3,(H,33,37)(H,34,38)/t14-,21?/m0/s1. The van der Waals surface area contributed by atoms with Crippen molar-refractivity contribution in [2.45, 2.75) is 57.7 Å². The van der Waals surface area contributed by atoms with Gasteiger partial charge in [0, 0.05) is 18.7 Å². The SMILES string of the molecule is CC(C)N1C(=O)c2ccccc2C(NC(=O)[C@H](C)NC(=O)Cc2cc(C(F)(F)F)cc(C(F)(F)F)c2)C(=O)N1C. The van der Waals surface area contributed by atoms with E-state index in [2.05, 4.69) is 10.6 Å². The first kappa shape index (κ1) is 30.4. The number of amides is 4. The molecule has 8 nitrogen and oxygen atoms in total. The normalized spacial score (nSPS) is 16.9. The number of halogens is 6. The lowest BCUT2D eigenvalue weighted by molar-refractivity contribution is -0.147. The van der Waals surface area contributed by atoms with Crippen LogP contribution in [-0.2, 0) is 33.2 Å². The van der Waals surface area contributed by atoms with Crippen molar-refractivity contribution in [3.05, 3.63) is 70.3 Å². The monoisotopic (exact) mass is 572 g/mol. The van der Waals surface area contributed by atoms with E-state index in [1.807, 2.05) is 0 Å². The van der Waals surface area contributed by atoms with Gasteiger partial charge < -0.3 is 10.6 Å². The van der Waals surface area contributed by atoms with E-state index in [-0.39, 0.29) is 17.2 Å². The quantitative estimate of drug-likeness (QED) is 0.514. The van der Waals surface area contributed by atoms with Crippen molar-refractivity contribution in [3.8, 4) is 0 Å². The molecular formula is C26H26F6N4O4. The number of hydrazine groups is 1. The van der Waals surface area contributed by atoms with Crippen molar-refractivity contribution in [2.75, 3.05) is 7.05 Å². The molecule has 2 aromatic rings. The number of nitrogens with one attached hydrogen (secondary N) is 2. The summed E-state index contributed by atoms with van der Waals surface area (Å²) in [7, 11) is 1.36. The molecule has 0 fully saturated rings. The molecule has 0 spiro atoms. The van der Waals surface area contributed by atoms with E-state index in [0.717, 1.165) is 5.01 Å². The summed E-state index contributed by atoms with van der Waals surface area (Å²) in [4.78, 5) is 51.8. The minimum absolute atomic E-state index is 0.0543. The Morgan fingerprint density at radius 2 is 1.48 bits per heavy atom. The van der Waals surface area contributed by atoms with Crippen LogP contribution in [0.25, 0.3) is 0 Å². The van der Waals surface area contributed by atoms with Crippen LogP contribution in [0, 0.1) is 0 Å². The number of hydrogen-bond acceptors (Lipinski definition) is 4. The molecule has 216 valence electrons. The largest absolute Gasteiger partial charge is 0.416 e. The molecule has 0 aromatic heterocycles. The molecule has 0 radical (unpaired) electrons. The third-order valence-corrected chi connectivity index (χ3v) is 6.16. The Bertz CT molecular complexity index is 1290. The Kier molecular flexibility index (Phi) is 8.51. The fraction of sp³-hybridized carbons (Fsp3) is 0.385. The zero-order valence-electron chi connectivity index (χ0n) is 21.8. The predicted octanol–water partition coefficient (Wildman–Crippen LogP) is 3.87. The van der Waals surface area contributed by atoms with Gasteiger partial charge >= 0.3 is 12.4 Å². The summed E-state index contributed by atoms with van der Waals surface area (Å²) < 4.78 is 78.7. The van der Waals surface area contributed by atoms with Gasteiger partial charge in [-0.2, -0.15) is 26.3 Å². The Labute approximate surface area is 225 Å². The summed E-state index contributed by atoms with van der Waals surface area (Å²) in [5, 5.41) is 7.00. The molecule has 0 bridgehead atoms. The molecule has 4 amide bonds. The van der Waals surface area contributed by atoms with Gasteiger partial charge in [-0.1, -0.05) is 18.2 Å². The molecule has 0 aliphatic carbocycles. The van der Waals surface area contributed by atoms with Crippen LogP contribution in [0.4, 0.5) is 26.3 Å². The second kappa shape index (κ2) is 11.2. The maximum atomic E-state index is 13.3. The summed E-state index contributed by atoms with van der Waals surface area (Å²) in [6.07, 6.45) is -11.0. The fourth-order valence-electron chi connectivity index (χ4n) is 4.28. The number of carbonyl (C=O) groups is 4. The van der Waals surface area contributed by atoms with Gasteiger partial charge in [0.15, 0.2) is 0 Å². The molecule has 14 heteroatoms. The smallest absolute Gasteiger partial charge is 0.344 e. The van der Waals surface area contributed by atoms with E-state index in [9.17, 15) is 45.5 Å². The van der Waals surface area contributed by atoms with Crippen LogP contribution in [0.5, 0.6) is 0 Å². The van der Waals surface area contributed by atoms with Gasteiger partial charge in [-0.25, -0.2) is 5.01 Å². The highest BCUT2D eigenvalue weighted by Crippen LogP contribution is 2.36. The number of fused-ring (bicyclic) bond motifs is 1. The Morgan fingerprint density at radius 3 is 2.00 bits per heavy atom. The lowest BCUT2D eigenvalue weighted by Gasteiger charge is -2.34. The van der Waals surface area contributed by atoms with E-state index in [0.29, 0.717) is 12.1 Å². The second-order valence-electron chi connectivity index (χ2n) is 9.51. The summed E-state index contributed by atoms with van der Waals surface area (Å²) >= 11 is 0. The van der Waals surface area contributed by atoms with Gasteiger partial charge in [-0.3, -0.25) is 24.2 Å². The Hall–Kier alpha value is -4.10. The minimum Gasteiger partial charge on any atom is -0.344 e. The maximum Gasteiger partial charge on any atom is 0.416 e. The number of nitrogens with zero attached hydrogens (tertiary/aromatic N) is 2. The maximum absolute atomic E-state index is 13.3. The zero-order valence-corrected chi connectivity index (χ0v) is 21.8. The average molecular weight is 573 g/mol. The molecule has 1 aliphatic heterocycles. The van der Waals surface area contributed by atoms with Crippen molar-refractivity contribution >= 4 is 23.6 Å². The lowest BCUT2D eigenvalue weighted by atomic mass is 9.99. The van der Waals surface area contributed by atoms with Crippen molar-refractivity contribution in [3.63, 3.8) is 0 Å². The van der Waals surface area contributed by atoms with Crippen LogP contribution >= 0.6 is 0 Å². The van der Waals surface area contributed by atoms with Crippen LogP contribution in [-0.4, -0.2) is 52.8 Å². The fourth-order valence-corrected chi connectivity index (χ4v) is 4.28. The molecule has 3 rings (SSSR count). The van der Waals surface area contributed by atoms with Gasteiger partial charge in [-0.15, -0.1) is 0 Å². The van der Waals surface area contributed by atoms with Crippen molar-refractivity contribution in [1.29, 1.82) is 0 Å². The molecule has 40 heavy (non-hydrogen) atoms. The molecule has 2 aromatic carbocycles. The molecular weight excluding hydrogens is 546 g/mol. The number of carbonyl (C=O) groups excluding carboxylic acids is 4. The third kappa shape index (κ3) is 6.54.